The molecule has 0 heterocycles. The summed E-state index contributed by atoms with van der Waals surface area (Å²) in [4.78, 5) is 29.3. The van der Waals surface area contributed by atoms with Gasteiger partial charge in [0.1, 0.15) is 6.04 Å². The standard InChI is InChI=1S/C30H32Cl2N2O2/c1-21-9-7-12-23(17-21)20-34(29(35)19-25-26(31)15-8-16-27(25)32)28(18-22-10-3-2-4-11-22)30(36)33-24-13-5-6-14-24/h2-4,7-12,15-17,24,28H,5-6,13-14,18-20H2,1H3,(H,33,36)/t28-/m0/s1. The Labute approximate surface area is 223 Å². The lowest BCUT2D eigenvalue weighted by molar-refractivity contribution is -0.141. The van der Waals surface area contributed by atoms with Crippen molar-refractivity contribution < 1.29 is 9.59 Å². The molecule has 1 aliphatic rings. The Morgan fingerprint density at radius 2 is 1.56 bits per heavy atom. The number of hydrogen-bond donors (Lipinski definition) is 1. The topological polar surface area (TPSA) is 49.4 Å². The summed E-state index contributed by atoms with van der Waals surface area (Å²) in [7, 11) is 0. The summed E-state index contributed by atoms with van der Waals surface area (Å²) >= 11 is 12.8. The number of nitrogens with one attached hydrogen (secondary N) is 1. The molecule has 0 bridgehead atoms. The van der Waals surface area contributed by atoms with Gasteiger partial charge in [0.15, 0.2) is 0 Å². The molecule has 2 amide bonds. The Balaban J connectivity index is 1.69. The van der Waals surface area contributed by atoms with Gasteiger partial charge in [-0.2, -0.15) is 0 Å². The van der Waals surface area contributed by atoms with Crippen molar-refractivity contribution in [3.05, 3.63) is 105 Å². The molecule has 0 spiro atoms. The number of hydrogen-bond acceptors (Lipinski definition) is 2. The molecule has 4 rings (SSSR count). The highest BCUT2D eigenvalue weighted by Gasteiger charge is 2.32. The van der Waals surface area contributed by atoms with Crippen molar-refractivity contribution >= 4 is 35.0 Å². The van der Waals surface area contributed by atoms with Crippen LogP contribution in [0, 0.1) is 6.92 Å². The van der Waals surface area contributed by atoms with Crippen LogP contribution in [0.3, 0.4) is 0 Å². The number of rotatable bonds is 9. The summed E-state index contributed by atoms with van der Waals surface area (Å²) in [5.74, 6) is -0.300. The third-order valence-corrected chi connectivity index (χ3v) is 7.51. The van der Waals surface area contributed by atoms with Crippen molar-refractivity contribution in [2.75, 3.05) is 0 Å². The van der Waals surface area contributed by atoms with Gasteiger partial charge in [0, 0.05) is 29.1 Å². The van der Waals surface area contributed by atoms with Crippen LogP contribution in [-0.2, 0) is 29.0 Å². The van der Waals surface area contributed by atoms with Crippen LogP contribution in [0.5, 0.6) is 0 Å². The molecule has 1 atom stereocenters. The first kappa shape index (κ1) is 26.2. The highest BCUT2D eigenvalue weighted by molar-refractivity contribution is 6.36. The molecular weight excluding hydrogens is 491 g/mol. The van der Waals surface area contributed by atoms with E-state index in [4.69, 9.17) is 23.2 Å². The van der Waals surface area contributed by atoms with Crippen molar-refractivity contribution in [3.63, 3.8) is 0 Å². The molecule has 1 saturated carbocycles. The number of carbonyl (C=O) groups excluding carboxylic acids is 2. The second-order valence-corrected chi connectivity index (χ2v) is 10.4. The first-order valence-electron chi connectivity index (χ1n) is 12.5. The second kappa shape index (κ2) is 12.4. The number of amides is 2. The Morgan fingerprint density at radius 3 is 2.22 bits per heavy atom. The Morgan fingerprint density at radius 1 is 0.917 bits per heavy atom. The minimum atomic E-state index is -0.665. The average Bonchev–Trinajstić information content (AvgIpc) is 3.37. The van der Waals surface area contributed by atoms with E-state index < -0.39 is 6.04 Å². The molecule has 0 radical (unpaired) electrons. The zero-order valence-corrected chi connectivity index (χ0v) is 22.1. The largest absolute Gasteiger partial charge is 0.352 e. The van der Waals surface area contributed by atoms with Gasteiger partial charge < -0.3 is 10.2 Å². The van der Waals surface area contributed by atoms with E-state index in [-0.39, 0.29) is 24.3 Å². The lowest BCUT2D eigenvalue weighted by Gasteiger charge is -2.32. The van der Waals surface area contributed by atoms with Gasteiger partial charge >= 0.3 is 0 Å². The minimum Gasteiger partial charge on any atom is -0.352 e. The van der Waals surface area contributed by atoms with Crippen LogP contribution in [0.1, 0.15) is 47.9 Å². The molecule has 36 heavy (non-hydrogen) atoms. The van der Waals surface area contributed by atoms with E-state index in [2.05, 4.69) is 11.4 Å². The Kier molecular flexibility index (Phi) is 9.06. The first-order chi connectivity index (χ1) is 17.4. The number of aryl methyl sites for hydroxylation is 1. The summed E-state index contributed by atoms with van der Waals surface area (Å²) in [6.07, 6.45) is 4.63. The fourth-order valence-corrected chi connectivity index (χ4v) is 5.41. The van der Waals surface area contributed by atoms with Crippen LogP contribution in [0.15, 0.2) is 72.8 Å². The molecule has 3 aromatic rings. The maximum atomic E-state index is 13.9. The Bertz CT molecular complexity index is 1170. The monoisotopic (exact) mass is 522 g/mol. The number of benzene rings is 3. The van der Waals surface area contributed by atoms with Crippen LogP contribution in [0.2, 0.25) is 10.0 Å². The van der Waals surface area contributed by atoms with Crippen LogP contribution < -0.4 is 5.32 Å². The van der Waals surface area contributed by atoms with Crippen LogP contribution >= 0.6 is 23.2 Å². The van der Waals surface area contributed by atoms with E-state index in [1.165, 1.54) is 0 Å². The number of halogens is 2. The zero-order chi connectivity index (χ0) is 25.5. The molecule has 188 valence electrons. The normalized spacial score (nSPS) is 14.4. The van der Waals surface area contributed by atoms with E-state index in [0.717, 1.165) is 42.4 Å². The summed E-state index contributed by atoms with van der Waals surface area (Å²) in [5.41, 5.74) is 3.65. The summed E-state index contributed by atoms with van der Waals surface area (Å²) in [6, 6.07) is 22.6. The average molecular weight is 524 g/mol. The molecule has 0 unspecified atom stereocenters. The lowest BCUT2D eigenvalue weighted by Crippen LogP contribution is -2.52. The maximum absolute atomic E-state index is 13.9. The van der Waals surface area contributed by atoms with Gasteiger partial charge in [0.05, 0.1) is 6.42 Å². The predicted octanol–water partition coefficient (Wildman–Crippen LogP) is 6.54. The van der Waals surface area contributed by atoms with Crippen molar-refractivity contribution in [1.29, 1.82) is 0 Å². The van der Waals surface area contributed by atoms with E-state index in [1.54, 1.807) is 23.1 Å². The summed E-state index contributed by atoms with van der Waals surface area (Å²) in [5, 5.41) is 4.12. The minimum absolute atomic E-state index is 0.0202. The predicted molar refractivity (Wildman–Crippen MR) is 146 cm³/mol. The highest BCUT2D eigenvalue weighted by atomic mass is 35.5. The third-order valence-electron chi connectivity index (χ3n) is 6.80. The molecule has 0 saturated heterocycles. The summed E-state index contributed by atoms with van der Waals surface area (Å²) < 4.78 is 0. The quantitative estimate of drug-likeness (QED) is 0.346. The fraction of sp³-hybridized carbons (Fsp3) is 0.333. The molecule has 0 aliphatic heterocycles. The zero-order valence-electron chi connectivity index (χ0n) is 20.6. The molecule has 1 aliphatic carbocycles. The molecular formula is C30H32Cl2N2O2. The van der Waals surface area contributed by atoms with Gasteiger partial charge in [0.25, 0.3) is 0 Å². The molecule has 1 N–H and O–H groups in total. The highest BCUT2D eigenvalue weighted by Crippen LogP contribution is 2.27. The molecule has 3 aromatic carbocycles. The third kappa shape index (κ3) is 6.89. The number of carbonyl (C=O) groups is 2. The molecule has 6 heteroatoms. The maximum Gasteiger partial charge on any atom is 0.243 e. The SMILES string of the molecule is Cc1cccc(CN(C(=O)Cc2c(Cl)cccc2Cl)[C@@H](Cc2ccccc2)C(=O)NC2CCCC2)c1. The van der Waals surface area contributed by atoms with Gasteiger partial charge in [-0.25, -0.2) is 0 Å². The summed E-state index contributed by atoms with van der Waals surface area (Å²) in [6.45, 7) is 2.34. The van der Waals surface area contributed by atoms with Crippen molar-refractivity contribution in [3.8, 4) is 0 Å². The van der Waals surface area contributed by atoms with Crippen molar-refractivity contribution in [1.82, 2.24) is 10.2 Å². The smallest absolute Gasteiger partial charge is 0.243 e. The van der Waals surface area contributed by atoms with Crippen molar-refractivity contribution in [2.24, 2.45) is 0 Å². The number of nitrogens with zero attached hydrogens (tertiary/aromatic N) is 1. The molecule has 1 fully saturated rings. The van der Waals surface area contributed by atoms with Gasteiger partial charge in [0.2, 0.25) is 11.8 Å². The molecule has 0 aromatic heterocycles. The van der Waals surface area contributed by atoms with E-state index in [0.29, 0.717) is 28.6 Å². The van der Waals surface area contributed by atoms with E-state index in [9.17, 15) is 9.59 Å². The fourth-order valence-electron chi connectivity index (χ4n) is 4.88. The van der Waals surface area contributed by atoms with Gasteiger partial charge in [-0.1, -0.05) is 102 Å². The van der Waals surface area contributed by atoms with Gasteiger partial charge in [-0.05, 0) is 48.6 Å². The van der Waals surface area contributed by atoms with Crippen molar-refractivity contribution in [2.45, 2.75) is 64.1 Å². The van der Waals surface area contributed by atoms with E-state index in [1.807, 2.05) is 55.5 Å². The van der Waals surface area contributed by atoms with Crippen LogP contribution in [-0.4, -0.2) is 28.8 Å². The first-order valence-corrected chi connectivity index (χ1v) is 13.3. The van der Waals surface area contributed by atoms with E-state index >= 15 is 0 Å². The molecule has 4 nitrogen and oxygen atoms in total. The van der Waals surface area contributed by atoms with Gasteiger partial charge in [-0.3, -0.25) is 9.59 Å². The van der Waals surface area contributed by atoms with Crippen LogP contribution in [0.25, 0.3) is 0 Å². The van der Waals surface area contributed by atoms with Crippen LogP contribution in [0.4, 0.5) is 0 Å². The lowest BCUT2D eigenvalue weighted by atomic mass is 10.0. The second-order valence-electron chi connectivity index (χ2n) is 9.58. The van der Waals surface area contributed by atoms with Gasteiger partial charge in [-0.15, -0.1) is 0 Å². The Hall–Kier alpha value is -2.82.